The van der Waals surface area contributed by atoms with Crippen LogP contribution >= 0.6 is 0 Å². The van der Waals surface area contributed by atoms with Crippen molar-refractivity contribution in [2.45, 2.75) is 26.3 Å². The second-order valence-electron chi connectivity index (χ2n) is 3.14. The van der Waals surface area contributed by atoms with Crippen LogP contribution in [0.5, 0.6) is 0 Å². The minimum absolute atomic E-state index is 0.281. The topological polar surface area (TPSA) is 92.7 Å². The summed E-state index contributed by atoms with van der Waals surface area (Å²) in [7, 11) is -3.52. The van der Waals surface area contributed by atoms with Gasteiger partial charge >= 0.3 is 5.97 Å². The van der Waals surface area contributed by atoms with Gasteiger partial charge in [-0.3, -0.25) is 4.79 Å². The first-order chi connectivity index (χ1) is 6.87. The van der Waals surface area contributed by atoms with Gasteiger partial charge in [-0.2, -0.15) is 0 Å². The van der Waals surface area contributed by atoms with Gasteiger partial charge in [0.2, 0.25) is 10.0 Å². The van der Waals surface area contributed by atoms with Crippen molar-refractivity contribution in [3.05, 3.63) is 0 Å². The highest BCUT2D eigenvalue weighted by Crippen LogP contribution is 1.94. The molecule has 1 atom stereocenters. The number of carboxylic acid groups (broad SMARTS) is 1. The van der Waals surface area contributed by atoms with Crippen LogP contribution in [-0.4, -0.2) is 44.5 Å². The molecule has 0 aromatic carbocycles. The fourth-order valence-corrected chi connectivity index (χ4v) is 2.16. The number of rotatable bonds is 8. The Balaban J connectivity index is 3.96. The Morgan fingerprint density at radius 3 is 2.60 bits per heavy atom. The van der Waals surface area contributed by atoms with Crippen LogP contribution in [-0.2, 0) is 19.6 Å². The smallest absolute Gasteiger partial charge is 0.304 e. The Labute approximate surface area is 89.7 Å². The summed E-state index contributed by atoms with van der Waals surface area (Å²) < 4.78 is 29.9. The van der Waals surface area contributed by atoms with Crippen LogP contribution in [0.25, 0.3) is 0 Å². The lowest BCUT2D eigenvalue weighted by Crippen LogP contribution is -2.37. The van der Waals surface area contributed by atoms with Gasteiger partial charge in [-0.25, -0.2) is 13.1 Å². The fourth-order valence-electron chi connectivity index (χ4n) is 0.916. The van der Waals surface area contributed by atoms with E-state index in [0.717, 1.165) is 0 Å². The van der Waals surface area contributed by atoms with E-state index in [4.69, 9.17) is 9.84 Å². The van der Waals surface area contributed by atoms with Crippen molar-refractivity contribution in [1.29, 1.82) is 0 Å². The molecule has 0 aromatic rings. The summed E-state index contributed by atoms with van der Waals surface area (Å²) >= 11 is 0. The van der Waals surface area contributed by atoms with Gasteiger partial charge in [-0.1, -0.05) is 0 Å². The van der Waals surface area contributed by atoms with Crippen molar-refractivity contribution in [3.63, 3.8) is 0 Å². The summed E-state index contributed by atoms with van der Waals surface area (Å²) in [6.07, 6.45) is -0.392. The Hall–Kier alpha value is -0.660. The number of ether oxygens (including phenoxy) is 1. The lowest BCUT2D eigenvalue weighted by Gasteiger charge is -2.13. The zero-order valence-corrected chi connectivity index (χ0v) is 9.71. The quantitative estimate of drug-likeness (QED) is 0.612. The maximum absolute atomic E-state index is 11.3. The van der Waals surface area contributed by atoms with E-state index < -0.39 is 28.2 Å². The van der Waals surface area contributed by atoms with E-state index in [-0.39, 0.29) is 12.6 Å². The van der Waals surface area contributed by atoms with Crippen LogP contribution in [0.4, 0.5) is 0 Å². The zero-order valence-electron chi connectivity index (χ0n) is 8.89. The number of carboxylic acids is 1. The zero-order chi connectivity index (χ0) is 11.9. The first-order valence-corrected chi connectivity index (χ1v) is 6.32. The lowest BCUT2D eigenvalue weighted by atomic mass is 10.4. The molecule has 0 fully saturated rings. The van der Waals surface area contributed by atoms with Gasteiger partial charge < -0.3 is 9.84 Å². The molecule has 0 bridgehead atoms. The van der Waals surface area contributed by atoms with E-state index in [1.165, 1.54) is 0 Å². The Bertz CT molecular complexity index is 287. The Morgan fingerprint density at radius 1 is 1.53 bits per heavy atom. The lowest BCUT2D eigenvalue weighted by molar-refractivity contribution is -0.136. The van der Waals surface area contributed by atoms with Gasteiger partial charge in [0.15, 0.2) is 0 Å². The number of sulfonamides is 1. The fraction of sp³-hybridized carbons (Fsp3) is 0.875. The molecule has 1 unspecified atom stereocenters. The summed E-state index contributed by atoms with van der Waals surface area (Å²) in [5, 5.41) is 8.34. The summed E-state index contributed by atoms with van der Waals surface area (Å²) in [5.41, 5.74) is 0. The molecule has 0 aliphatic carbocycles. The molecule has 0 aliphatic heterocycles. The van der Waals surface area contributed by atoms with E-state index >= 15 is 0 Å². The monoisotopic (exact) mass is 239 g/mol. The summed E-state index contributed by atoms with van der Waals surface area (Å²) in [5.74, 6) is -1.53. The summed E-state index contributed by atoms with van der Waals surface area (Å²) in [4.78, 5) is 10.2. The van der Waals surface area contributed by atoms with Crippen molar-refractivity contribution >= 4 is 16.0 Å². The molecule has 0 saturated heterocycles. The average molecular weight is 239 g/mol. The molecule has 0 amide bonds. The maximum Gasteiger partial charge on any atom is 0.304 e. The van der Waals surface area contributed by atoms with Crippen molar-refractivity contribution < 1.29 is 23.1 Å². The van der Waals surface area contributed by atoms with E-state index in [9.17, 15) is 13.2 Å². The SMILES string of the molecule is CCOCC(C)NS(=O)(=O)CCC(=O)O. The molecule has 7 heteroatoms. The Morgan fingerprint density at radius 2 is 2.13 bits per heavy atom. The van der Waals surface area contributed by atoms with Crippen LogP contribution in [0.15, 0.2) is 0 Å². The molecule has 0 aliphatic rings. The molecule has 90 valence electrons. The molecule has 15 heavy (non-hydrogen) atoms. The molecule has 0 aromatic heterocycles. The molecular formula is C8H17NO5S. The highest BCUT2D eigenvalue weighted by Gasteiger charge is 2.15. The Kier molecular flexibility index (Phi) is 6.46. The van der Waals surface area contributed by atoms with Gasteiger partial charge in [0, 0.05) is 12.6 Å². The third kappa shape index (κ3) is 8.34. The maximum atomic E-state index is 11.3. The van der Waals surface area contributed by atoms with Crippen LogP contribution in [0.2, 0.25) is 0 Å². The van der Waals surface area contributed by atoms with Crippen LogP contribution in [0.3, 0.4) is 0 Å². The molecule has 2 N–H and O–H groups in total. The third-order valence-corrected chi connectivity index (χ3v) is 3.04. The van der Waals surface area contributed by atoms with Gasteiger partial charge in [0.25, 0.3) is 0 Å². The molecular weight excluding hydrogens is 222 g/mol. The number of nitrogens with one attached hydrogen (secondary N) is 1. The van der Waals surface area contributed by atoms with Gasteiger partial charge in [-0.15, -0.1) is 0 Å². The highest BCUT2D eigenvalue weighted by atomic mass is 32.2. The molecule has 6 nitrogen and oxygen atoms in total. The normalized spacial score (nSPS) is 13.7. The molecule has 0 radical (unpaired) electrons. The van der Waals surface area contributed by atoms with E-state index in [1.54, 1.807) is 6.92 Å². The molecule has 0 heterocycles. The van der Waals surface area contributed by atoms with Gasteiger partial charge in [0.05, 0.1) is 18.8 Å². The van der Waals surface area contributed by atoms with Gasteiger partial charge in [-0.05, 0) is 13.8 Å². The van der Waals surface area contributed by atoms with Crippen molar-refractivity contribution in [1.82, 2.24) is 4.72 Å². The van der Waals surface area contributed by atoms with E-state index in [0.29, 0.717) is 6.61 Å². The van der Waals surface area contributed by atoms with E-state index in [2.05, 4.69) is 4.72 Å². The van der Waals surface area contributed by atoms with Crippen LogP contribution in [0.1, 0.15) is 20.3 Å². The number of aliphatic carboxylic acids is 1. The third-order valence-electron chi connectivity index (χ3n) is 1.54. The minimum Gasteiger partial charge on any atom is -0.481 e. The first kappa shape index (κ1) is 14.3. The van der Waals surface area contributed by atoms with Crippen molar-refractivity contribution in [2.75, 3.05) is 19.0 Å². The predicted molar refractivity (Wildman–Crippen MR) is 55.1 cm³/mol. The second kappa shape index (κ2) is 6.76. The van der Waals surface area contributed by atoms with Crippen molar-refractivity contribution in [2.24, 2.45) is 0 Å². The molecule has 0 rings (SSSR count). The number of hydrogen-bond acceptors (Lipinski definition) is 4. The second-order valence-corrected chi connectivity index (χ2v) is 5.01. The van der Waals surface area contributed by atoms with Crippen LogP contribution in [0, 0.1) is 0 Å². The molecule has 0 spiro atoms. The van der Waals surface area contributed by atoms with Crippen molar-refractivity contribution in [3.8, 4) is 0 Å². The molecule has 0 saturated carbocycles. The summed E-state index contributed by atoms with van der Waals surface area (Å²) in [6, 6.07) is -0.344. The number of hydrogen-bond donors (Lipinski definition) is 2. The average Bonchev–Trinajstić information content (AvgIpc) is 2.11. The van der Waals surface area contributed by atoms with E-state index in [1.807, 2.05) is 6.92 Å². The number of carbonyl (C=O) groups is 1. The highest BCUT2D eigenvalue weighted by molar-refractivity contribution is 7.89. The predicted octanol–water partition coefficient (Wildman–Crippen LogP) is -0.194. The van der Waals surface area contributed by atoms with Crippen LogP contribution < -0.4 is 4.72 Å². The summed E-state index contributed by atoms with van der Waals surface area (Å²) in [6.45, 7) is 4.27. The minimum atomic E-state index is -3.52. The van der Waals surface area contributed by atoms with Gasteiger partial charge in [0.1, 0.15) is 0 Å². The standard InChI is InChI=1S/C8H17NO5S/c1-3-14-6-7(2)9-15(12,13)5-4-8(10)11/h7,9H,3-6H2,1-2H3,(H,10,11). The largest absolute Gasteiger partial charge is 0.481 e. The first-order valence-electron chi connectivity index (χ1n) is 4.67.